The molecule has 5 aromatic rings. The van der Waals surface area contributed by atoms with Crippen molar-refractivity contribution in [3.63, 3.8) is 0 Å². The second kappa shape index (κ2) is 7.06. The van der Waals surface area contributed by atoms with Gasteiger partial charge in [-0.2, -0.15) is 9.67 Å². The molecule has 0 aliphatic heterocycles. The minimum absolute atomic E-state index is 0.298. The maximum absolute atomic E-state index is 13.8. The molecule has 4 aromatic heterocycles. The molecule has 0 aliphatic rings. The van der Waals surface area contributed by atoms with E-state index >= 15 is 0 Å². The first-order valence-electron chi connectivity index (χ1n) is 9.41. The second-order valence-corrected chi connectivity index (χ2v) is 6.83. The highest BCUT2D eigenvalue weighted by atomic mass is 19.1. The number of pyridine rings is 2. The summed E-state index contributed by atoms with van der Waals surface area (Å²) >= 11 is 0. The first kappa shape index (κ1) is 17.4. The van der Waals surface area contributed by atoms with E-state index in [0.717, 1.165) is 40.7 Å². The van der Waals surface area contributed by atoms with Crippen molar-refractivity contribution in [1.82, 2.24) is 30.5 Å². The number of halogens is 1. The van der Waals surface area contributed by atoms with Crippen LogP contribution in [0.3, 0.4) is 0 Å². The predicted octanol–water partition coefficient (Wildman–Crippen LogP) is 3.03. The van der Waals surface area contributed by atoms with Gasteiger partial charge in [-0.25, -0.2) is 9.37 Å². The van der Waals surface area contributed by atoms with Gasteiger partial charge in [-0.15, -0.1) is 0 Å². The van der Waals surface area contributed by atoms with E-state index in [4.69, 9.17) is 0 Å². The molecule has 5 rings (SSSR count). The quantitative estimate of drug-likeness (QED) is 0.404. The summed E-state index contributed by atoms with van der Waals surface area (Å²) in [4.78, 5) is 12.0. The van der Waals surface area contributed by atoms with E-state index < -0.39 is 0 Å². The molecule has 144 valence electrons. The Morgan fingerprint density at radius 2 is 2.00 bits per heavy atom. The van der Waals surface area contributed by atoms with Crippen LogP contribution in [0.2, 0.25) is 0 Å². The Labute approximate surface area is 165 Å². The van der Waals surface area contributed by atoms with Gasteiger partial charge in [0.15, 0.2) is 12.0 Å². The van der Waals surface area contributed by atoms with Crippen LogP contribution in [0, 0.1) is 5.82 Å². The number of nitrogens with one attached hydrogen (secondary N) is 3. The van der Waals surface area contributed by atoms with Gasteiger partial charge >= 0.3 is 5.82 Å². The van der Waals surface area contributed by atoms with E-state index in [0.29, 0.717) is 17.0 Å². The summed E-state index contributed by atoms with van der Waals surface area (Å²) in [7, 11) is 0. The van der Waals surface area contributed by atoms with Crippen molar-refractivity contribution in [1.29, 1.82) is 0 Å². The minimum atomic E-state index is -0.298. The van der Waals surface area contributed by atoms with Crippen molar-refractivity contribution in [3.8, 4) is 16.9 Å². The van der Waals surface area contributed by atoms with Crippen LogP contribution in [0.1, 0.15) is 12.5 Å². The van der Waals surface area contributed by atoms with Crippen molar-refractivity contribution in [2.75, 3.05) is 6.54 Å². The predicted molar refractivity (Wildman–Crippen MR) is 108 cm³/mol. The van der Waals surface area contributed by atoms with Gasteiger partial charge in [-0.05, 0) is 41.5 Å². The van der Waals surface area contributed by atoms with Gasteiger partial charge in [0.05, 0.1) is 5.39 Å². The zero-order valence-corrected chi connectivity index (χ0v) is 15.8. The van der Waals surface area contributed by atoms with Crippen LogP contribution in [0.5, 0.6) is 0 Å². The first-order valence-corrected chi connectivity index (χ1v) is 9.41. The molecule has 0 saturated carbocycles. The Hall–Kier alpha value is -3.65. The molecule has 4 heterocycles. The molecule has 29 heavy (non-hydrogen) atoms. The fraction of sp³-hybridized carbons (Fsp3) is 0.143. The highest BCUT2D eigenvalue weighted by Crippen LogP contribution is 2.24. The normalized spacial score (nSPS) is 11.5. The van der Waals surface area contributed by atoms with E-state index in [1.165, 1.54) is 12.1 Å². The van der Waals surface area contributed by atoms with Gasteiger partial charge in [0, 0.05) is 42.3 Å². The lowest BCUT2D eigenvalue weighted by atomic mass is 10.1. The molecule has 0 atom stereocenters. The number of fused-ring (bicyclic) bond motifs is 2. The summed E-state index contributed by atoms with van der Waals surface area (Å²) < 4.78 is 15.6. The van der Waals surface area contributed by atoms with Crippen LogP contribution in [0.4, 0.5) is 4.39 Å². The lowest BCUT2D eigenvalue weighted by Gasteiger charge is -2.05. The highest BCUT2D eigenvalue weighted by molar-refractivity contribution is 5.86. The smallest absolute Gasteiger partial charge is 0.302 e. The summed E-state index contributed by atoms with van der Waals surface area (Å²) in [5.41, 5.74) is 5.23. The molecule has 8 heteroatoms. The van der Waals surface area contributed by atoms with Gasteiger partial charge in [0.1, 0.15) is 16.9 Å². The average molecular weight is 388 g/mol. The van der Waals surface area contributed by atoms with Crippen molar-refractivity contribution in [2.45, 2.75) is 13.5 Å². The van der Waals surface area contributed by atoms with E-state index in [2.05, 4.69) is 43.5 Å². The fourth-order valence-corrected chi connectivity index (χ4v) is 3.45. The van der Waals surface area contributed by atoms with Gasteiger partial charge in [0.25, 0.3) is 0 Å². The number of benzene rings is 1. The zero-order valence-electron chi connectivity index (χ0n) is 15.8. The zero-order chi connectivity index (χ0) is 19.8. The molecule has 0 unspecified atom stereocenters. The number of aromatic amines is 2. The van der Waals surface area contributed by atoms with E-state index in [1.807, 2.05) is 23.0 Å². The van der Waals surface area contributed by atoms with Crippen LogP contribution < -0.4 is 9.88 Å². The second-order valence-electron chi connectivity index (χ2n) is 6.83. The largest absolute Gasteiger partial charge is 0.313 e. The molecule has 0 amide bonds. The molecule has 0 aliphatic carbocycles. The Morgan fingerprint density at radius 3 is 2.90 bits per heavy atom. The van der Waals surface area contributed by atoms with Crippen LogP contribution in [0.25, 0.3) is 39.0 Å². The number of rotatable bonds is 5. The molecule has 3 N–H and O–H groups in total. The van der Waals surface area contributed by atoms with Crippen LogP contribution in [0.15, 0.2) is 55.2 Å². The highest BCUT2D eigenvalue weighted by Gasteiger charge is 2.20. The van der Waals surface area contributed by atoms with Crippen molar-refractivity contribution in [3.05, 3.63) is 66.6 Å². The summed E-state index contributed by atoms with van der Waals surface area (Å²) in [5, 5.41) is 11.5. The standard InChI is InChI=1S/C21H18FN7/c1-2-23-8-13-5-14(10-24-9-13)15-6-17-20(25-11-15)27-28-21(17)29-12-26-18-4-3-16(22)7-19(18)29/h3-7,9-12,23H,2,8H2,1H3,(H,25,27,28)/p+1. The maximum Gasteiger partial charge on any atom is 0.302 e. The third-order valence-corrected chi connectivity index (χ3v) is 4.90. The number of imidazole rings is 1. The SMILES string of the molecule is CCNCc1cncc(-c2cnc3[nH]nc(-[n+]4c[nH]c5ccc(F)cc54)c3c2)c1. The van der Waals surface area contributed by atoms with Crippen LogP contribution >= 0.6 is 0 Å². The summed E-state index contributed by atoms with van der Waals surface area (Å²) in [6, 6.07) is 8.75. The van der Waals surface area contributed by atoms with Gasteiger partial charge in [-0.1, -0.05) is 6.92 Å². The van der Waals surface area contributed by atoms with Crippen LogP contribution in [-0.4, -0.2) is 31.7 Å². The molecule has 0 saturated heterocycles. The molecule has 0 bridgehead atoms. The molecular formula is C21H19FN7+. The van der Waals surface area contributed by atoms with E-state index in [-0.39, 0.29) is 5.82 Å². The number of hydrogen-bond donors (Lipinski definition) is 3. The summed E-state index contributed by atoms with van der Waals surface area (Å²) in [6.07, 6.45) is 7.26. The lowest BCUT2D eigenvalue weighted by molar-refractivity contribution is -0.569. The molecule has 0 fully saturated rings. The Balaban J connectivity index is 1.62. The Kier molecular flexibility index (Phi) is 4.25. The van der Waals surface area contributed by atoms with E-state index in [9.17, 15) is 4.39 Å². The number of aromatic nitrogens is 6. The van der Waals surface area contributed by atoms with E-state index in [1.54, 1.807) is 18.6 Å². The molecule has 0 radical (unpaired) electrons. The number of hydrogen-bond acceptors (Lipinski definition) is 4. The minimum Gasteiger partial charge on any atom is -0.313 e. The third-order valence-electron chi connectivity index (χ3n) is 4.90. The van der Waals surface area contributed by atoms with Crippen molar-refractivity contribution in [2.24, 2.45) is 0 Å². The number of H-pyrrole nitrogens is 2. The van der Waals surface area contributed by atoms with Crippen molar-refractivity contribution < 1.29 is 8.96 Å². The fourth-order valence-electron chi connectivity index (χ4n) is 3.45. The van der Waals surface area contributed by atoms with Gasteiger partial charge in [-0.3, -0.25) is 9.97 Å². The molecule has 7 nitrogen and oxygen atoms in total. The molecule has 0 spiro atoms. The maximum atomic E-state index is 13.8. The monoisotopic (exact) mass is 388 g/mol. The van der Waals surface area contributed by atoms with Gasteiger partial charge < -0.3 is 5.32 Å². The van der Waals surface area contributed by atoms with Gasteiger partial charge in [0.2, 0.25) is 0 Å². The Morgan fingerprint density at radius 1 is 1.10 bits per heavy atom. The average Bonchev–Trinajstić information content (AvgIpc) is 3.35. The Bertz CT molecular complexity index is 1320. The van der Waals surface area contributed by atoms with Crippen molar-refractivity contribution >= 4 is 22.1 Å². The first-order chi connectivity index (χ1) is 14.2. The summed E-state index contributed by atoms with van der Waals surface area (Å²) in [6.45, 7) is 3.74. The van der Waals surface area contributed by atoms with Crippen LogP contribution in [-0.2, 0) is 6.54 Å². The topological polar surface area (TPSA) is 86.2 Å². The summed E-state index contributed by atoms with van der Waals surface area (Å²) in [5.74, 6) is 0.357. The molecule has 1 aromatic carbocycles. The lowest BCUT2D eigenvalue weighted by Crippen LogP contribution is -2.29. The third kappa shape index (κ3) is 3.13. The number of nitrogens with zero attached hydrogens (tertiary/aromatic N) is 4. The molecular weight excluding hydrogens is 369 g/mol.